The topological polar surface area (TPSA) is 50.4 Å². The van der Waals surface area contributed by atoms with E-state index in [4.69, 9.17) is 5.73 Å². The summed E-state index contributed by atoms with van der Waals surface area (Å²) in [6.07, 6.45) is 2.09. The highest BCUT2D eigenvalue weighted by molar-refractivity contribution is 7.99. The Bertz CT molecular complexity index is 188. The van der Waals surface area contributed by atoms with E-state index in [-0.39, 0.29) is 4.75 Å². The van der Waals surface area contributed by atoms with Gasteiger partial charge in [0.2, 0.25) is 0 Å². The van der Waals surface area contributed by atoms with Crippen LogP contribution in [-0.4, -0.2) is 30.1 Å². The molecule has 0 heterocycles. The quantitative estimate of drug-likeness (QED) is 0.544. The maximum Gasteiger partial charge on any atom is 0.188 e. The van der Waals surface area contributed by atoms with Gasteiger partial charge in [-0.15, -0.1) is 0 Å². The fraction of sp³-hybridized carbons (Fsp3) is 0.900. The lowest BCUT2D eigenvalue weighted by molar-refractivity contribution is 0.619. The van der Waals surface area contributed by atoms with Gasteiger partial charge in [0, 0.05) is 11.3 Å². The Morgan fingerprint density at radius 1 is 1.50 bits per heavy atom. The first-order chi connectivity index (χ1) is 6.37. The Kier molecular flexibility index (Phi) is 6.00. The van der Waals surface area contributed by atoms with Crippen LogP contribution in [0, 0.1) is 5.92 Å². The lowest BCUT2D eigenvalue weighted by atomic mass is 10.2. The molecule has 0 aliphatic rings. The molecule has 0 fully saturated rings. The predicted octanol–water partition coefficient (Wildman–Crippen LogP) is 1.69. The van der Waals surface area contributed by atoms with Gasteiger partial charge in [0.25, 0.3) is 0 Å². The molecular weight excluding hydrogens is 194 g/mol. The number of hydrogen-bond acceptors (Lipinski definition) is 2. The van der Waals surface area contributed by atoms with Gasteiger partial charge in [0.1, 0.15) is 0 Å². The lowest BCUT2D eigenvalue weighted by Gasteiger charge is -2.19. The van der Waals surface area contributed by atoms with Crippen LogP contribution in [0.4, 0.5) is 0 Å². The van der Waals surface area contributed by atoms with Crippen molar-refractivity contribution in [3.05, 3.63) is 0 Å². The molecule has 0 aliphatic heterocycles. The number of thioether (sulfide) groups is 1. The van der Waals surface area contributed by atoms with Crippen LogP contribution in [0.25, 0.3) is 0 Å². The van der Waals surface area contributed by atoms with E-state index in [9.17, 15) is 0 Å². The van der Waals surface area contributed by atoms with Gasteiger partial charge in [-0.3, -0.25) is 4.99 Å². The normalized spacial score (nSPS) is 13.4. The van der Waals surface area contributed by atoms with Crippen molar-refractivity contribution < 1.29 is 0 Å². The summed E-state index contributed by atoms with van der Waals surface area (Å²) in [5.41, 5.74) is 5.71. The first-order valence-electron chi connectivity index (χ1n) is 4.96. The number of rotatable bonds is 5. The largest absolute Gasteiger partial charge is 0.370 e. The van der Waals surface area contributed by atoms with E-state index < -0.39 is 0 Å². The molecule has 0 amide bonds. The Labute approximate surface area is 91.9 Å². The van der Waals surface area contributed by atoms with E-state index in [0.717, 1.165) is 13.1 Å². The molecule has 84 valence electrons. The van der Waals surface area contributed by atoms with Gasteiger partial charge < -0.3 is 11.1 Å². The van der Waals surface area contributed by atoms with Gasteiger partial charge in [-0.05, 0) is 26.0 Å². The molecule has 0 unspecified atom stereocenters. The van der Waals surface area contributed by atoms with E-state index >= 15 is 0 Å². The fourth-order valence-corrected chi connectivity index (χ4v) is 0.898. The Morgan fingerprint density at radius 3 is 2.50 bits per heavy atom. The van der Waals surface area contributed by atoms with Gasteiger partial charge >= 0.3 is 0 Å². The van der Waals surface area contributed by atoms with Crippen molar-refractivity contribution >= 4 is 17.7 Å². The number of nitrogens with one attached hydrogen (secondary N) is 1. The van der Waals surface area contributed by atoms with E-state index in [1.165, 1.54) is 0 Å². The number of guanidine groups is 1. The van der Waals surface area contributed by atoms with Crippen molar-refractivity contribution in [2.45, 2.75) is 32.4 Å². The molecule has 0 spiro atoms. The van der Waals surface area contributed by atoms with Crippen LogP contribution in [0.2, 0.25) is 0 Å². The third-order valence-corrected chi connectivity index (χ3v) is 3.11. The third kappa shape index (κ3) is 7.06. The first kappa shape index (κ1) is 13.6. The van der Waals surface area contributed by atoms with E-state index in [2.05, 4.69) is 44.3 Å². The van der Waals surface area contributed by atoms with Crippen molar-refractivity contribution in [1.29, 1.82) is 0 Å². The van der Waals surface area contributed by atoms with Crippen molar-refractivity contribution in [2.24, 2.45) is 16.6 Å². The zero-order valence-electron chi connectivity index (χ0n) is 9.92. The minimum Gasteiger partial charge on any atom is -0.370 e. The van der Waals surface area contributed by atoms with Crippen molar-refractivity contribution in [2.75, 3.05) is 19.3 Å². The second-order valence-corrected chi connectivity index (χ2v) is 5.95. The summed E-state index contributed by atoms with van der Waals surface area (Å²) in [5, 5.41) is 3.10. The highest BCUT2D eigenvalue weighted by atomic mass is 32.2. The third-order valence-electron chi connectivity index (χ3n) is 1.87. The molecular formula is C10H23N3S. The van der Waals surface area contributed by atoms with Crippen LogP contribution >= 0.6 is 11.8 Å². The predicted molar refractivity (Wildman–Crippen MR) is 66.9 cm³/mol. The molecule has 3 nitrogen and oxygen atoms in total. The Hall–Kier alpha value is -0.380. The van der Waals surface area contributed by atoms with Crippen LogP contribution in [0.3, 0.4) is 0 Å². The molecule has 0 atom stereocenters. The Morgan fingerprint density at radius 2 is 2.07 bits per heavy atom. The molecule has 4 heteroatoms. The molecule has 0 saturated carbocycles. The maximum absolute atomic E-state index is 5.71. The smallest absolute Gasteiger partial charge is 0.188 e. The monoisotopic (exact) mass is 217 g/mol. The summed E-state index contributed by atoms with van der Waals surface area (Å²) in [6, 6.07) is 0. The molecule has 0 aromatic carbocycles. The van der Waals surface area contributed by atoms with Crippen LogP contribution in [0.5, 0.6) is 0 Å². The van der Waals surface area contributed by atoms with E-state index in [1.54, 1.807) is 11.8 Å². The summed E-state index contributed by atoms with van der Waals surface area (Å²) in [5.74, 6) is 1.15. The molecule has 0 radical (unpaired) electrons. The molecule has 3 N–H and O–H groups in total. The Balaban J connectivity index is 3.88. The standard InChI is InChI=1S/C10H23N3S/c1-8(2)6-12-9(11)13-7-10(3,4)14-5/h8H,6-7H2,1-5H3,(H3,11,12,13). The lowest BCUT2D eigenvalue weighted by Crippen LogP contribution is -2.35. The summed E-state index contributed by atoms with van der Waals surface area (Å²) in [6.45, 7) is 10.3. The highest BCUT2D eigenvalue weighted by Crippen LogP contribution is 2.20. The van der Waals surface area contributed by atoms with E-state index in [1.807, 2.05) is 0 Å². The van der Waals surface area contributed by atoms with Crippen LogP contribution in [0.15, 0.2) is 4.99 Å². The van der Waals surface area contributed by atoms with Crippen LogP contribution in [-0.2, 0) is 0 Å². The molecule has 0 aromatic rings. The van der Waals surface area contributed by atoms with Gasteiger partial charge in [0.05, 0.1) is 6.54 Å². The zero-order valence-corrected chi connectivity index (χ0v) is 10.7. The minimum atomic E-state index is 0.171. The van der Waals surface area contributed by atoms with Crippen LogP contribution < -0.4 is 11.1 Å². The summed E-state index contributed by atoms with van der Waals surface area (Å²) >= 11 is 1.80. The van der Waals surface area contributed by atoms with Crippen LogP contribution in [0.1, 0.15) is 27.7 Å². The second-order valence-electron chi connectivity index (χ2n) is 4.44. The average molecular weight is 217 g/mol. The average Bonchev–Trinajstić information content (AvgIpc) is 2.11. The molecule has 14 heavy (non-hydrogen) atoms. The maximum atomic E-state index is 5.71. The van der Waals surface area contributed by atoms with Gasteiger partial charge in [-0.1, -0.05) is 13.8 Å². The highest BCUT2D eigenvalue weighted by Gasteiger charge is 2.14. The SMILES string of the molecule is CSC(C)(C)CN=C(N)NCC(C)C. The van der Waals surface area contributed by atoms with Gasteiger partial charge in [0.15, 0.2) is 5.96 Å². The van der Waals surface area contributed by atoms with Crippen molar-refractivity contribution in [3.8, 4) is 0 Å². The molecule has 0 saturated heterocycles. The second kappa shape index (κ2) is 6.17. The van der Waals surface area contributed by atoms with Crippen molar-refractivity contribution in [1.82, 2.24) is 5.32 Å². The zero-order chi connectivity index (χ0) is 11.2. The van der Waals surface area contributed by atoms with Crippen molar-refractivity contribution in [3.63, 3.8) is 0 Å². The summed E-state index contributed by atoms with van der Waals surface area (Å²) in [7, 11) is 0. The fourth-order valence-electron chi connectivity index (χ4n) is 0.705. The minimum absolute atomic E-state index is 0.171. The summed E-state index contributed by atoms with van der Waals surface area (Å²) in [4.78, 5) is 4.30. The van der Waals surface area contributed by atoms with Gasteiger partial charge in [-0.2, -0.15) is 11.8 Å². The number of nitrogens with zero attached hydrogens (tertiary/aromatic N) is 1. The molecule has 0 aliphatic carbocycles. The van der Waals surface area contributed by atoms with E-state index in [0.29, 0.717) is 11.9 Å². The summed E-state index contributed by atoms with van der Waals surface area (Å²) < 4.78 is 0.171. The molecule has 0 aromatic heterocycles. The number of hydrogen-bond donors (Lipinski definition) is 2. The molecule has 0 bridgehead atoms. The number of aliphatic imine (C=N–C) groups is 1. The first-order valence-corrected chi connectivity index (χ1v) is 6.19. The molecule has 0 rings (SSSR count). The van der Waals surface area contributed by atoms with Gasteiger partial charge in [-0.25, -0.2) is 0 Å². The number of nitrogens with two attached hydrogens (primary N) is 1.